The second-order valence-electron chi connectivity index (χ2n) is 6.14. The van der Waals surface area contributed by atoms with Crippen LogP contribution in [0.1, 0.15) is 19.4 Å². The molecule has 152 valence electrons. The Morgan fingerprint density at radius 2 is 1.72 bits per heavy atom. The van der Waals surface area contributed by atoms with Crippen LogP contribution in [0.2, 0.25) is 0 Å². The van der Waals surface area contributed by atoms with Gasteiger partial charge in [-0.25, -0.2) is 8.42 Å². The van der Waals surface area contributed by atoms with Crippen LogP contribution in [0.4, 0.5) is 6.01 Å². The highest BCUT2D eigenvalue weighted by Crippen LogP contribution is 2.22. The van der Waals surface area contributed by atoms with Gasteiger partial charge in [-0.3, -0.25) is 10.1 Å². The summed E-state index contributed by atoms with van der Waals surface area (Å²) >= 11 is 1.74. The van der Waals surface area contributed by atoms with Gasteiger partial charge < -0.3 is 4.42 Å². The summed E-state index contributed by atoms with van der Waals surface area (Å²) in [5.74, 6) is 0.960. The number of nitrogens with one attached hydrogen (secondary N) is 1. The third-order valence-corrected chi connectivity index (χ3v) is 6.76. The van der Waals surface area contributed by atoms with E-state index < -0.39 is 9.84 Å². The minimum absolute atomic E-state index is 0.00610. The van der Waals surface area contributed by atoms with E-state index in [1.54, 1.807) is 30.8 Å². The van der Waals surface area contributed by atoms with E-state index in [2.05, 4.69) is 22.4 Å². The lowest BCUT2D eigenvalue weighted by Crippen LogP contribution is -2.14. The van der Waals surface area contributed by atoms with Crippen LogP contribution in [0.15, 0.2) is 62.7 Å². The van der Waals surface area contributed by atoms with Gasteiger partial charge in [0, 0.05) is 10.5 Å². The Labute approximate surface area is 173 Å². The van der Waals surface area contributed by atoms with Crippen molar-refractivity contribution in [2.45, 2.75) is 30.1 Å². The first-order chi connectivity index (χ1) is 13.9. The molecule has 29 heavy (non-hydrogen) atoms. The predicted molar refractivity (Wildman–Crippen MR) is 113 cm³/mol. The molecule has 7 nitrogen and oxygen atoms in total. The van der Waals surface area contributed by atoms with Crippen molar-refractivity contribution in [3.63, 3.8) is 0 Å². The number of carbonyl (C=O) groups excluding carboxylic acids is 1. The molecule has 1 heterocycles. The predicted octanol–water partition coefficient (Wildman–Crippen LogP) is 3.82. The van der Waals surface area contributed by atoms with E-state index >= 15 is 0 Å². The molecule has 0 spiro atoms. The minimum atomic E-state index is -3.27. The number of carbonyl (C=O) groups is 1. The van der Waals surface area contributed by atoms with Gasteiger partial charge in [-0.2, -0.15) is 0 Å². The van der Waals surface area contributed by atoms with E-state index in [1.165, 1.54) is 12.1 Å². The molecule has 0 aliphatic heterocycles. The summed E-state index contributed by atoms with van der Waals surface area (Å²) in [5, 5.41) is 10.3. The number of thioether (sulfide) groups is 1. The third kappa shape index (κ3) is 5.45. The standard InChI is InChI=1S/C20H21N3O4S2/c1-3-28-16-9-5-14(6-10-16)13-18(24)21-20-23-22-19(27-20)15-7-11-17(12-8-15)29(25,26)4-2/h5-12H,3-4,13H2,1-2H3,(H,21,23,24). The fourth-order valence-corrected chi connectivity index (χ4v) is 4.13. The molecule has 3 aromatic rings. The van der Waals surface area contributed by atoms with Gasteiger partial charge in [0.1, 0.15) is 0 Å². The minimum Gasteiger partial charge on any atom is -0.403 e. The molecule has 9 heteroatoms. The molecule has 0 aliphatic rings. The monoisotopic (exact) mass is 431 g/mol. The van der Waals surface area contributed by atoms with Crippen LogP contribution in [-0.2, 0) is 21.1 Å². The Kier molecular flexibility index (Phi) is 6.71. The maximum atomic E-state index is 12.2. The molecule has 2 aromatic carbocycles. The van der Waals surface area contributed by atoms with Gasteiger partial charge in [0.15, 0.2) is 9.84 Å². The molecule has 0 saturated carbocycles. The van der Waals surface area contributed by atoms with Gasteiger partial charge in [0.25, 0.3) is 0 Å². The van der Waals surface area contributed by atoms with E-state index in [0.29, 0.717) is 5.56 Å². The summed E-state index contributed by atoms with van der Waals surface area (Å²) in [6.45, 7) is 3.68. The van der Waals surface area contributed by atoms with Gasteiger partial charge in [-0.15, -0.1) is 16.9 Å². The highest BCUT2D eigenvalue weighted by molar-refractivity contribution is 7.99. The van der Waals surface area contributed by atoms with Crippen LogP contribution >= 0.6 is 11.8 Å². The maximum absolute atomic E-state index is 12.2. The summed E-state index contributed by atoms with van der Waals surface area (Å²) in [5.41, 5.74) is 1.45. The average Bonchev–Trinajstić information content (AvgIpc) is 3.18. The Hall–Kier alpha value is -2.65. The largest absolute Gasteiger partial charge is 0.403 e. The van der Waals surface area contributed by atoms with Crippen LogP contribution in [0.5, 0.6) is 0 Å². The second kappa shape index (κ2) is 9.23. The van der Waals surface area contributed by atoms with E-state index in [9.17, 15) is 13.2 Å². The second-order valence-corrected chi connectivity index (χ2v) is 9.76. The van der Waals surface area contributed by atoms with Crippen molar-refractivity contribution in [2.75, 3.05) is 16.8 Å². The fraction of sp³-hybridized carbons (Fsp3) is 0.250. The van der Waals surface area contributed by atoms with Crippen molar-refractivity contribution in [1.29, 1.82) is 0 Å². The lowest BCUT2D eigenvalue weighted by molar-refractivity contribution is -0.115. The molecule has 3 rings (SSSR count). The molecule has 0 saturated heterocycles. The molecule has 1 amide bonds. The van der Waals surface area contributed by atoms with Crippen molar-refractivity contribution >= 4 is 33.5 Å². The smallest absolute Gasteiger partial charge is 0.322 e. The molecule has 1 aromatic heterocycles. The molecular weight excluding hydrogens is 410 g/mol. The van der Waals surface area contributed by atoms with Crippen LogP contribution in [-0.4, -0.2) is 36.0 Å². The van der Waals surface area contributed by atoms with Crippen molar-refractivity contribution in [1.82, 2.24) is 10.2 Å². The quantitative estimate of drug-likeness (QED) is 0.541. The van der Waals surface area contributed by atoms with Gasteiger partial charge in [-0.1, -0.05) is 31.1 Å². The Morgan fingerprint density at radius 1 is 1.03 bits per heavy atom. The molecular formula is C20H21N3O4S2. The number of amides is 1. The van der Waals surface area contributed by atoms with Crippen molar-refractivity contribution < 1.29 is 17.6 Å². The number of sulfone groups is 1. The highest BCUT2D eigenvalue weighted by Gasteiger charge is 2.14. The van der Waals surface area contributed by atoms with Gasteiger partial charge >= 0.3 is 6.01 Å². The SMILES string of the molecule is CCSc1ccc(CC(=O)Nc2nnc(-c3ccc(S(=O)(=O)CC)cc3)o2)cc1. The Bertz CT molecular complexity index is 1080. The van der Waals surface area contributed by atoms with Gasteiger partial charge in [-0.05, 0) is 47.7 Å². The van der Waals surface area contributed by atoms with Crippen LogP contribution < -0.4 is 5.32 Å². The number of hydrogen-bond donors (Lipinski definition) is 1. The van der Waals surface area contributed by atoms with E-state index in [1.807, 2.05) is 24.3 Å². The van der Waals surface area contributed by atoms with Gasteiger partial charge in [0.2, 0.25) is 11.8 Å². The summed E-state index contributed by atoms with van der Waals surface area (Å²) in [7, 11) is -3.27. The summed E-state index contributed by atoms with van der Waals surface area (Å²) in [6.07, 6.45) is 0.193. The average molecular weight is 432 g/mol. The zero-order chi connectivity index (χ0) is 20.9. The summed E-state index contributed by atoms with van der Waals surface area (Å²) in [6, 6.07) is 14.0. The maximum Gasteiger partial charge on any atom is 0.322 e. The summed E-state index contributed by atoms with van der Waals surface area (Å²) in [4.78, 5) is 13.6. The lowest BCUT2D eigenvalue weighted by Gasteiger charge is -2.03. The zero-order valence-electron chi connectivity index (χ0n) is 16.1. The lowest BCUT2D eigenvalue weighted by atomic mass is 10.1. The molecule has 0 bridgehead atoms. The molecule has 0 aliphatic carbocycles. The Morgan fingerprint density at radius 3 is 2.34 bits per heavy atom. The number of nitrogens with zero attached hydrogens (tertiary/aromatic N) is 2. The number of benzene rings is 2. The number of hydrogen-bond acceptors (Lipinski definition) is 7. The van der Waals surface area contributed by atoms with E-state index in [4.69, 9.17) is 4.42 Å². The molecule has 1 N–H and O–H groups in total. The van der Waals surface area contributed by atoms with Crippen molar-refractivity contribution in [3.8, 4) is 11.5 Å². The zero-order valence-corrected chi connectivity index (χ0v) is 17.7. The molecule has 0 fully saturated rings. The summed E-state index contributed by atoms with van der Waals surface area (Å²) < 4.78 is 29.2. The first-order valence-corrected chi connectivity index (χ1v) is 11.7. The van der Waals surface area contributed by atoms with Crippen molar-refractivity contribution in [3.05, 3.63) is 54.1 Å². The Balaban J connectivity index is 1.63. The first-order valence-electron chi connectivity index (χ1n) is 9.09. The van der Waals surface area contributed by atoms with Crippen LogP contribution in [0, 0.1) is 0 Å². The molecule has 0 unspecified atom stereocenters. The van der Waals surface area contributed by atoms with Crippen LogP contribution in [0.25, 0.3) is 11.5 Å². The molecule has 0 radical (unpaired) electrons. The molecule has 0 atom stereocenters. The number of rotatable bonds is 8. The van der Waals surface area contributed by atoms with Crippen LogP contribution in [0.3, 0.4) is 0 Å². The fourth-order valence-electron chi connectivity index (χ4n) is 2.58. The van der Waals surface area contributed by atoms with Gasteiger partial charge in [0.05, 0.1) is 17.1 Å². The topological polar surface area (TPSA) is 102 Å². The number of aromatic nitrogens is 2. The first kappa shape index (κ1) is 21.1. The number of anilines is 1. The normalized spacial score (nSPS) is 11.4. The van der Waals surface area contributed by atoms with E-state index in [0.717, 1.165) is 16.2 Å². The van der Waals surface area contributed by atoms with E-state index in [-0.39, 0.29) is 34.9 Å². The van der Waals surface area contributed by atoms with Crippen molar-refractivity contribution in [2.24, 2.45) is 0 Å². The highest BCUT2D eigenvalue weighted by atomic mass is 32.2. The third-order valence-electron chi connectivity index (χ3n) is 4.11.